The van der Waals surface area contributed by atoms with E-state index in [0.29, 0.717) is 6.04 Å². The Morgan fingerprint density at radius 3 is 3.14 bits per heavy atom. The molecular formula is C9H16N4S. The summed E-state index contributed by atoms with van der Waals surface area (Å²) in [5, 5.41) is 12.2. The van der Waals surface area contributed by atoms with Gasteiger partial charge in [-0.15, -0.1) is 10.2 Å². The van der Waals surface area contributed by atoms with Crippen LogP contribution in [0.4, 0.5) is 0 Å². The van der Waals surface area contributed by atoms with Gasteiger partial charge < -0.3 is 9.88 Å². The summed E-state index contributed by atoms with van der Waals surface area (Å²) in [5.74, 6) is 2.28. The molecule has 0 aromatic carbocycles. The van der Waals surface area contributed by atoms with Crippen LogP contribution in [0.3, 0.4) is 0 Å². The zero-order chi connectivity index (χ0) is 9.97. The molecule has 4 nitrogen and oxygen atoms in total. The minimum Gasteiger partial charge on any atom is -0.320 e. The normalized spacial score (nSPS) is 27.0. The maximum atomic E-state index is 4.05. The molecule has 78 valence electrons. The molecule has 0 spiro atoms. The van der Waals surface area contributed by atoms with Gasteiger partial charge in [-0.2, -0.15) is 11.8 Å². The molecule has 1 aromatic heterocycles. The third kappa shape index (κ3) is 2.09. The van der Waals surface area contributed by atoms with Crippen molar-refractivity contribution in [2.75, 3.05) is 5.75 Å². The molecule has 1 aliphatic heterocycles. The van der Waals surface area contributed by atoms with E-state index < -0.39 is 0 Å². The maximum absolute atomic E-state index is 4.05. The largest absolute Gasteiger partial charge is 0.320 e. The van der Waals surface area contributed by atoms with Gasteiger partial charge in [0, 0.05) is 18.3 Å². The number of hydrogen-bond acceptors (Lipinski definition) is 4. The van der Waals surface area contributed by atoms with E-state index in [4.69, 9.17) is 0 Å². The van der Waals surface area contributed by atoms with Crippen LogP contribution in [0, 0.1) is 0 Å². The van der Waals surface area contributed by atoms with Crippen LogP contribution >= 0.6 is 11.8 Å². The fourth-order valence-corrected chi connectivity index (χ4v) is 2.92. The number of aromatic nitrogens is 3. The summed E-state index contributed by atoms with van der Waals surface area (Å²) in [4.78, 5) is 0. The summed E-state index contributed by atoms with van der Waals surface area (Å²) in [6.07, 6.45) is 3.01. The summed E-state index contributed by atoms with van der Waals surface area (Å²) < 4.78 is 1.96. The molecule has 1 aromatic rings. The van der Waals surface area contributed by atoms with Gasteiger partial charge >= 0.3 is 0 Å². The van der Waals surface area contributed by atoms with Crippen LogP contribution in [0.2, 0.25) is 0 Å². The number of nitrogens with one attached hydrogen (secondary N) is 1. The monoisotopic (exact) mass is 212 g/mol. The summed E-state index contributed by atoms with van der Waals surface area (Å²) in [5.41, 5.74) is 0. The minimum atomic E-state index is 0.636. The van der Waals surface area contributed by atoms with Gasteiger partial charge in [-0.1, -0.05) is 6.92 Å². The number of thioether (sulfide) groups is 1. The van der Waals surface area contributed by atoms with E-state index in [1.807, 2.05) is 23.4 Å². The SMILES string of the molecule is CC1SCCC1NCc1nncn1C. The van der Waals surface area contributed by atoms with Gasteiger partial charge in [-0.05, 0) is 12.2 Å². The lowest BCUT2D eigenvalue weighted by atomic mass is 10.2. The van der Waals surface area contributed by atoms with E-state index in [2.05, 4.69) is 22.4 Å². The first-order valence-electron chi connectivity index (χ1n) is 4.95. The van der Waals surface area contributed by atoms with Crippen LogP contribution in [0.25, 0.3) is 0 Å². The zero-order valence-corrected chi connectivity index (χ0v) is 9.42. The van der Waals surface area contributed by atoms with Crippen molar-refractivity contribution >= 4 is 11.8 Å². The number of nitrogens with zero attached hydrogens (tertiary/aromatic N) is 3. The second kappa shape index (κ2) is 4.31. The molecule has 2 rings (SSSR count). The molecule has 0 amide bonds. The Balaban J connectivity index is 1.85. The second-order valence-corrected chi connectivity index (χ2v) is 5.20. The quantitative estimate of drug-likeness (QED) is 0.805. The Bertz CT molecular complexity index is 299. The van der Waals surface area contributed by atoms with E-state index in [9.17, 15) is 0 Å². The third-order valence-electron chi connectivity index (χ3n) is 2.70. The standard InChI is InChI=1S/C9H16N4S/c1-7-8(3-4-14-7)10-5-9-12-11-6-13(9)2/h6-8,10H,3-5H2,1-2H3. The Hall–Kier alpha value is -0.550. The summed E-state index contributed by atoms with van der Waals surface area (Å²) >= 11 is 2.04. The topological polar surface area (TPSA) is 42.7 Å². The number of aryl methyl sites for hydroxylation is 1. The van der Waals surface area contributed by atoms with Crippen molar-refractivity contribution in [3.8, 4) is 0 Å². The molecule has 1 fully saturated rings. The lowest BCUT2D eigenvalue weighted by Crippen LogP contribution is -2.33. The van der Waals surface area contributed by atoms with Crippen molar-refractivity contribution in [3.63, 3.8) is 0 Å². The van der Waals surface area contributed by atoms with E-state index in [1.165, 1.54) is 12.2 Å². The molecule has 0 radical (unpaired) electrons. The number of rotatable bonds is 3. The maximum Gasteiger partial charge on any atom is 0.146 e. The average Bonchev–Trinajstić information content (AvgIpc) is 2.72. The summed E-state index contributed by atoms with van der Waals surface area (Å²) in [6, 6.07) is 0.636. The zero-order valence-electron chi connectivity index (χ0n) is 8.60. The van der Waals surface area contributed by atoms with Crippen molar-refractivity contribution in [1.82, 2.24) is 20.1 Å². The van der Waals surface area contributed by atoms with Crippen LogP contribution in [-0.4, -0.2) is 31.8 Å². The van der Waals surface area contributed by atoms with Gasteiger partial charge in [0.2, 0.25) is 0 Å². The van der Waals surface area contributed by atoms with Crippen molar-refractivity contribution in [2.45, 2.75) is 31.2 Å². The molecule has 0 aliphatic carbocycles. The first kappa shape index (κ1) is 9.98. The van der Waals surface area contributed by atoms with Gasteiger partial charge in [0.15, 0.2) is 0 Å². The molecule has 1 saturated heterocycles. The fourth-order valence-electron chi connectivity index (χ4n) is 1.69. The van der Waals surface area contributed by atoms with Gasteiger partial charge in [0.25, 0.3) is 0 Å². The Morgan fingerprint density at radius 2 is 2.57 bits per heavy atom. The smallest absolute Gasteiger partial charge is 0.146 e. The molecule has 0 saturated carbocycles. The van der Waals surface area contributed by atoms with Crippen molar-refractivity contribution in [2.24, 2.45) is 7.05 Å². The van der Waals surface area contributed by atoms with E-state index in [0.717, 1.165) is 17.6 Å². The summed E-state index contributed by atoms with van der Waals surface area (Å²) in [7, 11) is 1.98. The fraction of sp³-hybridized carbons (Fsp3) is 0.778. The Kier molecular flexibility index (Phi) is 3.08. The third-order valence-corrected chi connectivity index (χ3v) is 4.03. The lowest BCUT2D eigenvalue weighted by Gasteiger charge is -2.15. The van der Waals surface area contributed by atoms with Gasteiger partial charge in [0.05, 0.1) is 6.54 Å². The molecule has 2 atom stereocenters. The van der Waals surface area contributed by atoms with Crippen LogP contribution in [0.15, 0.2) is 6.33 Å². The highest BCUT2D eigenvalue weighted by Gasteiger charge is 2.23. The summed E-state index contributed by atoms with van der Waals surface area (Å²) in [6.45, 7) is 3.11. The van der Waals surface area contributed by atoms with Crippen molar-refractivity contribution in [1.29, 1.82) is 0 Å². The van der Waals surface area contributed by atoms with Gasteiger partial charge in [-0.3, -0.25) is 0 Å². The molecule has 1 aliphatic rings. The van der Waals surface area contributed by atoms with Crippen LogP contribution in [0.1, 0.15) is 19.2 Å². The Morgan fingerprint density at radius 1 is 1.71 bits per heavy atom. The van der Waals surface area contributed by atoms with Crippen molar-refractivity contribution in [3.05, 3.63) is 12.2 Å². The van der Waals surface area contributed by atoms with Crippen LogP contribution < -0.4 is 5.32 Å². The van der Waals surface area contributed by atoms with E-state index in [-0.39, 0.29) is 0 Å². The highest BCUT2D eigenvalue weighted by Crippen LogP contribution is 2.26. The van der Waals surface area contributed by atoms with Gasteiger partial charge in [-0.25, -0.2) is 0 Å². The lowest BCUT2D eigenvalue weighted by molar-refractivity contribution is 0.497. The molecule has 2 heterocycles. The second-order valence-electron chi connectivity index (χ2n) is 3.71. The van der Waals surface area contributed by atoms with E-state index >= 15 is 0 Å². The first-order valence-corrected chi connectivity index (χ1v) is 6.00. The predicted octanol–water partition coefficient (Wildman–Crippen LogP) is 0.799. The molecule has 1 N–H and O–H groups in total. The highest BCUT2D eigenvalue weighted by molar-refractivity contribution is 8.00. The Labute approximate surface area is 88.5 Å². The first-order chi connectivity index (χ1) is 6.77. The van der Waals surface area contributed by atoms with Crippen molar-refractivity contribution < 1.29 is 0 Å². The average molecular weight is 212 g/mol. The molecule has 14 heavy (non-hydrogen) atoms. The van der Waals surface area contributed by atoms with Crippen LogP contribution in [-0.2, 0) is 13.6 Å². The van der Waals surface area contributed by atoms with E-state index in [1.54, 1.807) is 6.33 Å². The molecular weight excluding hydrogens is 196 g/mol. The molecule has 0 bridgehead atoms. The molecule has 5 heteroatoms. The van der Waals surface area contributed by atoms with Crippen LogP contribution in [0.5, 0.6) is 0 Å². The number of hydrogen-bond donors (Lipinski definition) is 1. The molecule has 2 unspecified atom stereocenters. The highest BCUT2D eigenvalue weighted by atomic mass is 32.2. The van der Waals surface area contributed by atoms with Gasteiger partial charge in [0.1, 0.15) is 12.2 Å². The predicted molar refractivity (Wildman–Crippen MR) is 58.2 cm³/mol. The minimum absolute atomic E-state index is 0.636.